The van der Waals surface area contributed by atoms with Crippen LogP contribution >= 0.6 is 23.2 Å². The molecule has 1 N–H and O–H groups in total. The standard InChI is InChI=1S/C13H16Cl2O/c14-12-10(6-7-11(16)13(12)15)8-9-4-2-1-3-5-9/h6-7,9,16H,1-5,8H2. The third-order valence-corrected chi connectivity index (χ3v) is 4.29. The number of hydrogen-bond donors (Lipinski definition) is 1. The van der Waals surface area contributed by atoms with Crippen molar-refractivity contribution in [1.82, 2.24) is 0 Å². The SMILES string of the molecule is Oc1ccc(CC2CCCCC2)c(Cl)c1Cl. The van der Waals surface area contributed by atoms with Crippen LogP contribution in [0.4, 0.5) is 0 Å². The highest BCUT2D eigenvalue weighted by molar-refractivity contribution is 6.43. The summed E-state index contributed by atoms with van der Waals surface area (Å²) in [6, 6.07) is 3.52. The summed E-state index contributed by atoms with van der Waals surface area (Å²) in [6.07, 6.45) is 7.57. The van der Waals surface area contributed by atoms with E-state index in [4.69, 9.17) is 23.2 Å². The zero-order valence-corrected chi connectivity index (χ0v) is 10.7. The molecule has 1 aliphatic carbocycles. The molecule has 0 unspecified atom stereocenters. The summed E-state index contributed by atoms with van der Waals surface area (Å²) in [5, 5.41) is 10.2. The highest BCUT2D eigenvalue weighted by atomic mass is 35.5. The van der Waals surface area contributed by atoms with E-state index >= 15 is 0 Å². The molecule has 0 aromatic heterocycles. The highest BCUT2D eigenvalue weighted by Gasteiger charge is 2.17. The molecule has 0 aliphatic heterocycles. The Morgan fingerprint density at radius 3 is 2.44 bits per heavy atom. The summed E-state index contributed by atoms with van der Waals surface area (Å²) < 4.78 is 0. The second-order valence-corrected chi connectivity index (χ2v) is 5.34. The minimum atomic E-state index is 0.0686. The Bertz CT molecular complexity index is 370. The summed E-state index contributed by atoms with van der Waals surface area (Å²) in [5.41, 5.74) is 1.07. The molecule has 0 bridgehead atoms. The lowest BCUT2D eigenvalue weighted by atomic mass is 9.85. The minimum absolute atomic E-state index is 0.0686. The lowest BCUT2D eigenvalue weighted by molar-refractivity contribution is 0.356. The second-order valence-electron chi connectivity index (χ2n) is 4.58. The Balaban J connectivity index is 2.11. The van der Waals surface area contributed by atoms with Crippen molar-refractivity contribution in [2.24, 2.45) is 5.92 Å². The van der Waals surface area contributed by atoms with Crippen LogP contribution in [-0.4, -0.2) is 5.11 Å². The average Bonchev–Trinajstić information content (AvgIpc) is 2.31. The van der Waals surface area contributed by atoms with Gasteiger partial charge in [-0.1, -0.05) is 61.4 Å². The van der Waals surface area contributed by atoms with Gasteiger partial charge < -0.3 is 5.11 Å². The molecular formula is C13H16Cl2O. The zero-order chi connectivity index (χ0) is 11.5. The zero-order valence-electron chi connectivity index (χ0n) is 9.18. The van der Waals surface area contributed by atoms with Gasteiger partial charge in [0.2, 0.25) is 0 Å². The van der Waals surface area contributed by atoms with Crippen LogP contribution in [0.3, 0.4) is 0 Å². The molecular weight excluding hydrogens is 243 g/mol. The van der Waals surface area contributed by atoms with Crippen molar-refractivity contribution in [3.05, 3.63) is 27.7 Å². The van der Waals surface area contributed by atoms with E-state index in [1.807, 2.05) is 6.07 Å². The molecule has 1 saturated carbocycles. The fourth-order valence-corrected chi connectivity index (χ4v) is 2.86. The largest absolute Gasteiger partial charge is 0.506 e. The summed E-state index contributed by atoms with van der Waals surface area (Å²) in [5.74, 6) is 0.797. The van der Waals surface area contributed by atoms with E-state index in [1.54, 1.807) is 6.07 Å². The van der Waals surface area contributed by atoms with E-state index in [-0.39, 0.29) is 10.8 Å². The van der Waals surface area contributed by atoms with Crippen molar-refractivity contribution in [2.45, 2.75) is 38.5 Å². The Morgan fingerprint density at radius 1 is 1.06 bits per heavy atom. The van der Waals surface area contributed by atoms with Gasteiger partial charge in [0.1, 0.15) is 10.8 Å². The van der Waals surface area contributed by atoms with Gasteiger partial charge in [-0.05, 0) is 24.0 Å². The number of rotatable bonds is 2. The van der Waals surface area contributed by atoms with E-state index in [1.165, 1.54) is 32.1 Å². The molecule has 0 heterocycles. The van der Waals surface area contributed by atoms with Gasteiger partial charge in [-0.2, -0.15) is 0 Å². The average molecular weight is 259 g/mol. The van der Waals surface area contributed by atoms with Gasteiger partial charge in [0.05, 0.1) is 5.02 Å². The first-order valence-corrected chi connectivity index (χ1v) is 6.60. The molecule has 1 fully saturated rings. The number of phenols is 1. The summed E-state index contributed by atoms with van der Waals surface area (Å²) >= 11 is 12.0. The molecule has 1 aromatic rings. The van der Waals surface area contributed by atoms with E-state index in [0.29, 0.717) is 5.02 Å². The fraction of sp³-hybridized carbons (Fsp3) is 0.538. The van der Waals surface area contributed by atoms with Crippen molar-refractivity contribution in [2.75, 3.05) is 0 Å². The number of aromatic hydroxyl groups is 1. The van der Waals surface area contributed by atoms with Gasteiger partial charge in [-0.15, -0.1) is 0 Å². The summed E-state index contributed by atoms with van der Waals surface area (Å²) in [7, 11) is 0. The Hall–Kier alpha value is -0.400. The molecule has 88 valence electrons. The van der Waals surface area contributed by atoms with Gasteiger partial charge in [0.25, 0.3) is 0 Å². The Labute approximate surface area is 106 Å². The first kappa shape index (κ1) is 12.1. The second kappa shape index (κ2) is 5.29. The van der Waals surface area contributed by atoms with E-state index in [9.17, 15) is 5.11 Å². The van der Waals surface area contributed by atoms with Crippen LogP contribution in [0, 0.1) is 5.92 Å². The monoisotopic (exact) mass is 258 g/mol. The van der Waals surface area contributed by atoms with Gasteiger partial charge in [-0.3, -0.25) is 0 Å². The van der Waals surface area contributed by atoms with Crippen LogP contribution < -0.4 is 0 Å². The van der Waals surface area contributed by atoms with Gasteiger partial charge in [0, 0.05) is 0 Å². The summed E-state index contributed by atoms with van der Waals surface area (Å²) in [4.78, 5) is 0. The number of phenolic OH excluding ortho intramolecular Hbond substituents is 1. The maximum Gasteiger partial charge on any atom is 0.135 e. The molecule has 0 saturated heterocycles. The number of benzene rings is 1. The predicted molar refractivity (Wildman–Crippen MR) is 68.4 cm³/mol. The molecule has 0 atom stereocenters. The molecule has 1 aromatic carbocycles. The van der Waals surface area contributed by atoms with Crippen molar-refractivity contribution in [3.8, 4) is 5.75 Å². The molecule has 2 rings (SSSR count). The molecule has 3 heteroatoms. The van der Waals surface area contributed by atoms with E-state index in [0.717, 1.165) is 17.9 Å². The smallest absolute Gasteiger partial charge is 0.135 e. The third kappa shape index (κ3) is 2.64. The Kier molecular flexibility index (Phi) is 3.99. The van der Waals surface area contributed by atoms with Crippen LogP contribution in [0.5, 0.6) is 5.75 Å². The lowest BCUT2D eigenvalue weighted by Crippen LogP contribution is -2.09. The number of hydrogen-bond acceptors (Lipinski definition) is 1. The third-order valence-electron chi connectivity index (χ3n) is 3.38. The Morgan fingerprint density at radius 2 is 1.75 bits per heavy atom. The maximum atomic E-state index is 9.41. The molecule has 0 amide bonds. The van der Waals surface area contributed by atoms with Crippen molar-refractivity contribution in [1.29, 1.82) is 0 Å². The fourth-order valence-electron chi connectivity index (χ4n) is 2.44. The van der Waals surface area contributed by atoms with Crippen molar-refractivity contribution >= 4 is 23.2 Å². The van der Waals surface area contributed by atoms with E-state index < -0.39 is 0 Å². The van der Waals surface area contributed by atoms with Crippen LogP contribution in [0.15, 0.2) is 12.1 Å². The van der Waals surface area contributed by atoms with Gasteiger partial charge in [0.15, 0.2) is 0 Å². The van der Waals surface area contributed by atoms with Crippen LogP contribution in [0.25, 0.3) is 0 Å². The van der Waals surface area contributed by atoms with Crippen LogP contribution in [0.2, 0.25) is 10.0 Å². The van der Waals surface area contributed by atoms with Crippen LogP contribution in [-0.2, 0) is 6.42 Å². The predicted octanol–water partition coefficient (Wildman–Crippen LogP) is 4.82. The first-order chi connectivity index (χ1) is 7.68. The van der Waals surface area contributed by atoms with Crippen molar-refractivity contribution in [3.63, 3.8) is 0 Å². The van der Waals surface area contributed by atoms with E-state index in [2.05, 4.69) is 0 Å². The number of halogens is 2. The first-order valence-electron chi connectivity index (χ1n) is 5.84. The lowest BCUT2D eigenvalue weighted by Gasteiger charge is -2.22. The van der Waals surface area contributed by atoms with Crippen LogP contribution in [0.1, 0.15) is 37.7 Å². The maximum absolute atomic E-state index is 9.41. The normalized spacial score (nSPS) is 17.6. The van der Waals surface area contributed by atoms with Gasteiger partial charge in [-0.25, -0.2) is 0 Å². The summed E-state index contributed by atoms with van der Waals surface area (Å²) in [6.45, 7) is 0. The minimum Gasteiger partial charge on any atom is -0.506 e. The molecule has 1 aliphatic rings. The van der Waals surface area contributed by atoms with Gasteiger partial charge >= 0.3 is 0 Å². The molecule has 16 heavy (non-hydrogen) atoms. The topological polar surface area (TPSA) is 20.2 Å². The molecule has 1 nitrogen and oxygen atoms in total. The highest BCUT2D eigenvalue weighted by Crippen LogP contribution is 2.36. The molecule has 0 radical (unpaired) electrons. The molecule has 0 spiro atoms. The van der Waals surface area contributed by atoms with Crippen molar-refractivity contribution < 1.29 is 5.11 Å². The quantitative estimate of drug-likeness (QED) is 0.807.